The average Bonchev–Trinajstić information content (AvgIpc) is 2.93. The molecule has 0 radical (unpaired) electrons. The second-order valence-electron chi connectivity index (χ2n) is 15.8. The maximum absolute atomic E-state index is 12.5. The van der Waals surface area contributed by atoms with Gasteiger partial charge in [0.2, 0.25) is 11.8 Å². The van der Waals surface area contributed by atoms with E-state index in [1.54, 1.807) is 0 Å². The highest BCUT2D eigenvalue weighted by Crippen LogP contribution is 2.40. The molecular formula is C39H62N2O4. The number of hydrogen-bond donors (Lipinski definition) is 4. The van der Waals surface area contributed by atoms with E-state index in [0.29, 0.717) is 50.3 Å². The summed E-state index contributed by atoms with van der Waals surface area (Å²) >= 11 is 0. The molecule has 4 N–H and O–H groups in total. The zero-order valence-electron chi connectivity index (χ0n) is 30.0. The highest BCUT2D eigenvalue weighted by molar-refractivity contribution is 5.76. The third-order valence-electron chi connectivity index (χ3n) is 8.50. The average molecular weight is 623 g/mol. The zero-order chi connectivity index (χ0) is 34.0. The van der Waals surface area contributed by atoms with E-state index < -0.39 is 0 Å². The minimum absolute atomic E-state index is 0.0632. The number of carbonyl (C=O) groups excluding carboxylic acids is 2. The van der Waals surface area contributed by atoms with E-state index >= 15 is 0 Å². The lowest BCUT2D eigenvalue weighted by Crippen LogP contribution is -2.25. The van der Waals surface area contributed by atoms with Crippen molar-refractivity contribution in [1.29, 1.82) is 0 Å². The van der Waals surface area contributed by atoms with Crippen LogP contribution < -0.4 is 10.6 Å². The lowest BCUT2D eigenvalue weighted by atomic mass is 9.78. The summed E-state index contributed by atoms with van der Waals surface area (Å²) < 4.78 is 0. The molecule has 2 aromatic rings. The largest absolute Gasteiger partial charge is 0.507 e. The van der Waals surface area contributed by atoms with Crippen molar-refractivity contribution in [2.75, 3.05) is 13.1 Å². The molecule has 0 heterocycles. The van der Waals surface area contributed by atoms with Crippen LogP contribution in [-0.4, -0.2) is 35.1 Å². The number of hydrogen-bond acceptors (Lipinski definition) is 4. The van der Waals surface area contributed by atoms with Gasteiger partial charge in [0.05, 0.1) is 0 Å². The van der Waals surface area contributed by atoms with Crippen molar-refractivity contribution in [2.45, 2.75) is 150 Å². The molecule has 2 amide bonds. The van der Waals surface area contributed by atoms with Crippen LogP contribution in [0.4, 0.5) is 0 Å². The fraction of sp³-hybridized carbons (Fsp3) is 0.641. The van der Waals surface area contributed by atoms with E-state index in [0.717, 1.165) is 71.9 Å². The van der Waals surface area contributed by atoms with Crippen molar-refractivity contribution in [3.05, 3.63) is 57.6 Å². The number of rotatable bonds is 15. The second-order valence-corrected chi connectivity index (χ2v) is 15.8. The molecule has 252 valence electrons. The van der Waals surface area contributed by atoms with Crippen molar-refractivity contribution >= 4 is 11.8 Å². The number of aromatic hydroxyl groups is 2. The normalized spacial score (nSPS) is 12.3. The van der Waals surface area contributed by atoms with Crippen molar-refractivity contribution in [2.24, 2.45) is 0 Å². The molecule has 0 unspecified atom stereocenters. The van der Waals surface area contributed by atoms with Gasteiger partial charge in [-0.15, -0.1) is 0 Å². The first-order valence-electron chi connectivity index (χ1n) is 17.1. The SMILES string of the molecule is CCc1cc(CCC(=O)NCCCCCCCNC(=O)CCc2cc(C(C)(C)C)c(O)c(C(C)(C)C)c2)cc(C(C)(C)C)c1O. The predicted molar refractivity (Wildman–Crippen MR) is 187 cm³/mol. The molecule has 0 saturated heterocycles. The lowest BCUT2D eigenvalue weighted by Gasteiger charge is -2.28. The summed E-state index contributed by atoms with van der Waals surface area (Å²) in [6, 6.07) is 8.19. The number of amides is 2. The molecule has 6 nitrogen and oxygen atoms in total. The summed E-state index contributed by atoms with van der Waals surface area (Å²) in [4.78, 5) is 24.9. The molecule has 0 aliphatic heterocycles. The van der Waals surface area contributed by atoms with Crippen LogP contribution in [-0.2, 0) is 45.1 Å². The standard InChI is InChI=1S/C39H62N2O4/c1-11-29-23-27(24-30(35(29)44)37(2,3)4)17-19-33(42)40-21-15-13-12-14-16-22-41-34(43)20-18-28-25-31(38(5,6)7)36(45)32(26-28)39(8,9)10/h23-26,44-45H,11-22H2,1-10H3,(H,40,42)(H,41,43). The summed E-state index contributed by atoms with van der Waals surface area (Å²) in [5.41, 5.74) is 5.41. The van der Waals surface area contributed by atoms with E-state index in [9.17, 15) is 19.8 Å². The van der Waals surface area contributed by atoms with Crippen LogP contribution in [0.3, 0.4) is 0 Å². The van der Waals surface area contributed by atoms with Gasteiger partial charge in [0.15, 0.2) is 0 Å². The summed E-state index contributed by atoms with van der Waals surface area (Å²) in [7, 11) is 0. The molecule has 0 atom stereocenters. The maximum atomic E-state index is 12.5. The van der Waals surface area contributed by atoms with Gasteiger partial charge in [-0.05, 0) is 81.7 Å². The molecule has 0 bridgehead atoms. The highest BCUT2D eigenvalue weighted by atomic mass is 16.3. The quantitative estimate of drug-likeness (QED) is 0.150. The van der Waals surface area contributed by atoms with Gasteiger partial charge in [-0.3, -0.25) is 9.59 Å². The Morgan fingerprint density at radius 1 is 0.578 bits per heavy atom. The molecule has 2 aromatic carbocycles. The number of phenols is 2. The van der Waals surface area contributed by atoms with Gasteiger partial charge >= 0.3 is 0 Å². The molecule has 0 aliphatic rings. The van der Waals surface area contributed by atoms with Crippen molar-refractivity contribution < 1.29 is 19.8 Å². The number of nitrogens with one attached hydrogen (secondary N) is 2. The summed E-state index contributed by atoms with van der Waals surface area (Å²) in [5.74, 6) is 0.887. The third-order valence-corrected chi connectivity index (χ3v) is 8.50. The van der Waals surface area contributed by atoms with Crippen LogP contribution in [0.2, 0.25) is 0 Å². The number of unbranched alkanes of at least 4 members (excludes halogenated alkanes) is 4. The van der Waals surface area contributed by atoms with E-state index in [1.165, 1.54) is 0 Å². The van der Waals surface area contributed by atoms with E-state index in [4.69, 9.17) is 0 Å². The van der Waals surface area contributed by atoms with Crippen LogP contribution >= 0.6 is 0 Å². The Bertz CT molecular complexity index is 1240. The smallest absolute Gasteiger partial charge is 0.220 e. The second kappa shape index (κ2) is 16.5. The fourth-order valence-electron chi connectivity index (χ4n) is 5.66. The van der Waals surface area contributed by atoms with Crippen molar-refractivity contribution in [1.82, 2.24) is 10.6 Å². The van der Waals surface area contributed by atoms with Gasteiger partial charge in [-0.1, -0.05) is 113 Å². The van der Waals surface area contributed by atoms with Gasteiger partial charge < -0.3 is 20.8 Å². The lowest BCUT2D eigenvalue weighted by molar-refractivity contribution is -0.121. The Morgan fingerprint density at radius 2 is 0.933 bits per heavy atom. The molecule has 0 aromatic heterocycles. The van der Waals surface area contributed by atoms with Crippen molar-refractivity contribution in [3.8, 4) is 11.5 Å². The molecule has 2 rings (SSSR count). The number of aryl methyl sites for hydroxylation is 3. The Morgan fingerprint density at radius 3 is 1.31 bits per heavy atom. The van der Waals surface area contributed by atoms with Crippen molar-refractivity contribution in [3.63, 3.8) is 0 Å². The first-order chi connectivity index (χ1) is 20.8. The fourth-order valence-corrected chi connectivity index (χ4v) is 5.66. The maximum Gasteiger partial charge on any atom is 0.220 e. The van der Waals surface area contributed by atoms with E-state index in [1.807, 2.05) is 19.1 Å². The van der Waals surface area contributed by atoms with Gasteiger partial charge in [0.1, 0.15) is 11.5 Å². The van der Waals surface area contributed by atoms with Crippen LogP contribution in [0.1, 0.15) is 148 Å². The monoisotopic (exact) mass is 622 g/mol. The molecule has 0 fully saturated rings. The van der Waals surface area contributed by atoms with Gasteiger partial charge in [-0.25, -0.2) is 0 Å². The van der Waals surface area contributed by atoms with Crippen LogP contribution in [0, 0.1) is 0 Å². The van der Waals surface area contributed by atoms with Crippen LogP contribution in [0.15, 0.2) is 24.3 Å². The number of carbonyl (C=O) groups is 2. The Hall–Kier alpha value is -3.02. The molecular weight excluding hydrogens is 560 g/mol. The topological polar surface area (TPSA) is 98.7 Å². The Labute approximate surface area is 273 Å². The molecule has 0 saturated carbocycles. The molecule has 0 spiro atoms. The third kappa shape index (κ3) is 12.4. The zero-order valence-corrected chi connectivity index (χ0v) is 30.0. The highest BCUT2D eigenvalue weighted by Gasteiger charge is 2.26. The first-order valence-corrected chi connectivity index (χ1v) is 17.1. The number of phenolic OH excluding ortho intramolecular Hbond substituents is 2. The van der Waals surface area contributed by atoms with E-state index in [-0.39, 0.29) is 28.1 Å². The van der Waals surface area contributed by atoms with Crippen LogP contribution in [0.5, 0.6) is 11.5 Å². The molecule has 6 heteroatoms. The predicted octanol–water partition coefficient (Wildman–Crippen LogP) is 8.30. The number of benzene rings is 2. The van der Waals surface area contributed by atoms with Crippen LogP contribution in [0.25, 0.3) is 0 Å². The Kier molecular flexibility index (Phi) is 14.0. The summed E-state index contributed by atoms with van der Waals surface area (Å²) in [6.07, 6.45) is 8.03. The van der Waals surface area contributed by atoms with Gasteiger partial charge in [0.25, 0.3) is 0 Å². The van der Waals surface area contributed by atoms with Gasteiger partial charge in [0, 0.05) is 25.9 Å². The minimum atomic E-state index is -0.182. The van der Waals surface area contributed by atoms with Gasteiger partial charge in [-0.2, -0.15) is 0 Å². The molecule has 45 heavy (non-hydrogen) atoms. The molecule has 0 aliphatic carbocycles. The minimum Gasteiger partial charge on any atom is -0.507 e. The summed E-state index contributed by atoms with van der Waals surface area (Å²) in [5, 5.41) is 27.6. The van der Waals surface area contributed by atoms with E-state index in [2.05, 4.69) is 85.1 Å². The first kappa shape index (κ1) is 38.2. The Balaban J connectivity index is 1.64. The summed E-state index contributed by atoms with van der Waals surface area (Å²) in [6.45, 7) is 22.3.